The summed E-state index contributed by atoms with van der Waals surface area (Å²) in [6.07, 6.45) is 0.767. The van der Waals surface area contributed by atoms with Crippen molar-refractivity contribution in [3.8, 4) is 0 Å². The van der Waals surface area contributed by atoms with E-state index in [0.29, 0.717) is 21.1 Å². The third-order valence-corrected chi connectivity index (χ3v) is 6.60. The van der Waals surface area contributed by atoms with Gasteiger partial charge in [0, 0.05) is 16.9 Å². The molecule has 1 rings (SSSR count). The van der Waals surface area contributed by atoms with Crippen molar-refractivity contribution in [2.75, 3.05) is 12.4 Å². The first-order chi connectivity index (χ1) is 7.78. The monoisotopic (exact) mass is 359 g/mol. The molecule has 0 aliphatic carbocycles. The van der Waals surface area contributed by atoms with Crippen molar-refractivity contribution in [3.05, 3.63) is 15.9 Å². The van der Waals surface area contributed by atoms with E-state index < -0.39 is 10.0 Å². The molecule has 17 heavy (non-hydrogen) atoms. The molecule has 1 aromatic heterocycles. The summed E-state index contributed by atoms with van der Waals surface area (Å²) in [5.74, 6) is 0.525. The lowest BCUT2D eigenvalue weighted by Crippen LogP contribution is -2.34. The van der Waals surface area contributed by atoms with E-state index in [1.54, 1.807) is 11.4 Å². The second-order valence-corrected chi connectivity index (χ2v) is 8.59. The van der Waals surface area contributed by atoms with Crippen molar-refractivity contribution < 1.29 is 8.42 Å². The average molecular weight is 361 g/mol. The van der Waals surface area contributed by atoms with E-state index in [1.165, 1.54) is 11.3 Å². The lowest BCUT2D eigenvalue weighted by atomic mass is 9.91. The molecule has 0 saturated heterocycles. The van der Waals surface area contributed by atoms with Gasteiger partial charge in [0.1, 0.15) is 4.21 Å². The molecule has 0 spiro atoms. The van der Waals surface area contributed by atoms with Gasteiger partial charge in [0.25, 0.3) is 10.0 Å². The number of hydrogen-bond donors (Lipinski definition) is 1. The van der Waals surface area contributed by atoms with Gasteiger partial charge in [-0.1, -0.05) is 13.8 Å². The van der Waals surface area contributed by atoms with E-state index in [4.69, 9.17) is 11.6 Å². The van der Waals surface area contributed by atoms with Crippen LogP contribution in [-0.4, -0.2) is 20.8 Å². The highest BCUT2D eigenvalue weighted by Gasteiger charge is 2.24. The molecular weight excluding hydrogens is 346 g/mol. The number of halogens is 2. The van der Waals surface area contributed by atoms with Crippen LogP contribution in [0.1, 0.15) is 20.3 Å². The molecule has 1 heterocycles. The highest BCUT2D eigenvalue weighted by molar-refractivity contribution is 9.10. The van der Waals surface area contributed by atoms with Crippen LogP contribution < -0.4 is 4.72 Å². The van der Waals surface area contributed by atoms with Gasteiger partial charge >= 0.3 is 0 Å². The van der Waals surface area contributed by atoms with Gasteiger partial charge in [0.2, 0.25) is 0 Å². The van der Waals surface area contributed by atoms with Crippen molar-refractivity contribution >= 4 is 48.9 Å². The first kappa shape index (κ1) is 15.4. The summed E-state index contributed by atoms with van der Waals surface area (Å²) in [7, 11) is -3.42. The zero-order valence-electron chi connectivity index (χ0n) is 9.66. The van der Waals surface area contributed by atoms with Crippen LogP contribution in [0, 0.1) is 5.41 Å². The second-order valence-electron chi connectivity index (χ2n) is 4.48. The maximum atomic E-state index is 12.0. The molecule has 0 atom stereocenters. The summed E-state index contributed by atoms with van der Waals surface area (Å²) < 4.78 is 27.5. The normalized spacial score (nSPS) is 12.9. The predicted molar refractivity (Wildman–Crippen MR) is 76.3 cm³/mol. The molecule has 0 saturated carbocycles. The number of thiophene rings is 1. The van der Waals surface area contributed by atoms with Crippen molar-refractivity contribution in [2.24, 2.45) is 5.41 Å². The lowest BCUT2D eigenvalue weighted by molar-refractivity contribution is 0.352. The first-order valence-corrected chi connectivity index (χ1v) is 8.76. The molecule has 1 aromatic rings. The highest BCUT2D eigenvalue weighted by Crippen LogP contribution is 2.28. The molecule has 0 bridgehead atoms. The second kappa shape index (κ2) is 6.02. The number of hydrogen-bond acceptors (Lipinski definition) is 3. The summed E-state index contributed by atoms with van der Waals surface area (Å²) in [6.45, 7) is 4.36. The smallest absolute Gasteiger partial charge is 0.210 e. The highest BCUT2D eigenvalue weighted by atomic mass is 79.9. The summed E-state index contributed by atoms with van der Waals surface area (Å²) >= 11 is 10.1. The SMILES string of the molecule is CC(C)(CCCl)CNS(=O)(=O)c1sccc1Br. The lowest BCUT2D eigenvalue weighted by Gasteiger charge is -2.23. The van der Waals surface area contributed by atoms with Crippen LogP contribution in [0.4, 0.5) is 0 Å². The van der Waals surface area contributed by atoms with Gasteiger partial charge in [-0.05, 0) is 39.2 Å². The Hall–Kier alpha value is 0.380. The molecule has 0 unspecified atom stereocenters. The Morgan fingerprint density at radius 2 is 2.18 bits per heavy atom. The van der Waals surface area contributed by atoms with Gasteiger partial charge in [-0.2, -0.15) is 0 Å². The van der Waals surface area contributed by atoms with E-state index in [2.05, 4.69) is 20.7 Å². The predicted octanol–water partition coefficient (Wildman–Crippen LogP) is 3.44. The number of nitrogens with one attached hydrogen (secondary N) is 1. The molecule has 0 radical (unpaired) electrons. The van der Waals surface area contributed by atoms with Crippen LogP contribution in [0.2, 0.25) is 0 Å². The van der Waals surface area contributed by atoms with Gasteiger partial charge in [0.05, 0.1) is 0 Å². The van der Waals surface area contributed by atoms with Crippen LogP contribution in [0.15, 0.2) is 20.1 Å². The van der Waals surface area contributed by atoms with Gasteiger partial charge in [0.15, 0.2) is 0 Å². The molecule has 1 N–H and O–H groups in total. The number of sulfonamides is 1. The van der Waals surface area contributed by atoms with Gasteiger partial charge in [-0.25, -0.2) is 13.1 Å². The molecule has 0 aliphatic heterocycles. The molecular formula is C10H15BrClNO2S2. The Morgan fingerprint density at radius 1 is 1.53 bits per heavy atom. The van der Waals surface area contributed by atoms with Crippen LogP contribution in [0.5, 0.6) is 0 Å². The maximum Gasteiger partial charge on any atom is 0.251 e. The topological polar surface area (TPSA) is 46.2 Å². The van der Waals surface area contributed by atoms with E-state index >= 15 is 0 Å². The third kappa shape index (κ3) is 4.52. The fourth-order valence-corrected chi connectivity index (χ4v) is 5.31. The van der Waals surface area contributed by atoms with Crippen LogP contribution in [0.25, 0.3) is 0 Å². The van der Waals surface area contributed by atoms with Crippen molar-refractivity contribution in [2.45, 2.75) is 24.5 Å². The van der Waals surface area contributed by atoms with Crippen LogP contribution >= 0.6 is 38.9 Å². The van der Waals surface area contributed by atoms with Gasteiger partial charge < -0.3 is 0 Å². The molecule has 0 aliphatic rings. The largest absolute Gasteiger partial charge is 0.251 e. The molecule has 0 aromatic carbocycles. The summed E-state index contributed by atoms with van der Waals surface area (Å²) in [5, 5.41) is 1.74. The number of alkyl halides is 1. The summed E-state index contributed by atoms with van der Waals surface area (Å²) in [5.41, 5.74) is -0.140. The Morgan fingerprint density at radius 3 is 2.65 bits per heavy atom. The van der Waals surface area contributed by atoms with E-state index in [1.807, 2.05) is 13.8 Å². The molecule has 98 valence electrons. The number of rotatable bonds is 6. The Kier molecular flexibility index (Phi) is 5.46. The van der Waals surface area contributed by atoms with Crippen molar-refractivity contribution in [3.63, 3.8) is 0 Å². The summed E-state index contributed by atoms with van der Waals surface area (Å²) in [6, 6.07) is 1.73. The first-order valence-electron chi connectivity index (χ1n) is 5.07. The van der Waals surface area contributed by atoms with Crippen molar-refractivity contribution in [1.82, 2.24) is 4.72 Å². The van der Waals surface area contributed by atoms with E-state index in [0.717, 1.165) is 6.42 Å². The summed E-state index contributed by atoms with van der Waals surface area (Å²) in [4.78, 5) is 0. The Labute approximate surface area is 120 Å². The molecule has 0 fully saturated rings. The molecule has 7 heteroatoms. The molecule has 3 nitrogen and oxygen atoms in total. The third-order valence-electron chi connectivity index (χ3n) is 2.34. The van der Waals surface area contributed by atoms with Crippen LogP contribution in [0.3, 0.4) is 0 Å². The van der Waals surface area contributed by atoms with E-state index in [9.17, 15) is 8.42 Å². The maximum absolute atomic E-state index is 12.0. The Balaban J connectivity index is 2.73. The van der Waals surface area contributed by atoms with Crippen molar-refractivity contribution in [1.29, 1.82) is 0 Å². The minimum absolute atomic E-state index is 0.140. The fourth-order valence-electron chi connectivity index (χ4n) is 1.17. The standard InChI is InChI=1S/C10H15BrClNO2S2/c1-10(2,4-5-12)7-13-17(14,15)9-8(11)3-6-16-9/h3,6,13H,4-5,7H2,1-2H3. The quantitative estimate of drug-likeness (QED) is 0.790. The zero-order valence-corrected chi connectivity index (χ0v) is 13.6. The average Bonchev–Trinajstić information content (AvgIpc) is 2.63. The van der Waals surface area contributed by atoms with Gasteiger partial charge in [-0.15, -0.1) is 22.9 Å². The minimum atomic E-state index is -3.42. The van der Waals surface area contributed by atoms with Gasteiger partial charge in [-0.3, -0.25) is 0 Å². The minimum Gasteiger partial charge on any atom is -0.210 e. The van der Waals surface area contributed by atoms with Crippen LogP contribution in [-0.2, 0) is 10.0 Å². The molecule has 0 amide bonds. The zero-order chi connectivity index (χ0) is 13.1. The van der Waals surface area contributed by atoms with E-state index in [-0.39, 0.29) is 5.41 Å². The fraction of sp³-hybridized carbons (Fsp3) is 0.600. The Bertz CT molecular complexity index is 470.